The van der Waals surface area contributed by atoms with Gasteiger partial charge in [0.25, 0.3) is 0 Å². The zero-order valence-corrected chi connectivity index (χ0v) is 11.8. The quantitative estimate of drug-likeness (QED) is 0.694. The first kappa shape index (κ1) is 14.5. The Balaban J connectivity index is 2.48. The van der Waals surface area contributed by atoms with Crippen molar-refractivity contribution < 1.29 is 4.79 Å². The van der Waals surface area contributed by atoms with Crippen molar-refractivity contribution in [2.75, 3.05) is 0 Å². The summed E-state index contributed by atoms with van der Waals surface area (Å²) in [6.45, 7) is 8.63. The number of nitrogens with zero attached hydrogens (tertiary/aromatic N) is 1. The van der Waals surface area contributed by atoms with Crippen molar-refractivity contribution in [2.24, 2.45) is 0 Å². The highest BCUT2D eigenvalue weighted by atomic mass is 16.2. The molecule has 0 radical (unpaired) electrons. The largest absolute Gasteiger partial charge is 0.323 e. The van der Waals surface area contributed by atoms with E-state index >= 15 is 0 Å². The highest BCUT2D eigenvalue weighted by Gasteiger charge is 2.37. The predicted octanol–water partition coefficient (Wildman–Crippen LogP) is 2.90. The Morgan fingerprint density at radius 2 is 2.00 bits per heavy atom. The molecule has 0 bridgehead atoms. The smallest absolute Gasteiger partial charge is 0.241 e. The van der Waals surface area contributed by atoms with Gasteiger partial charge >= 0.3 is 0 Å². The van der Waals surface area contributed by atoms with Gasteiger partial charge in [-0.15, -0.1) is 0 Å². The number of unbranched alkanes of at least 4 members (excludes halogenated alkanes) is 2. The normalized spacial score (nSPS) is 26.6. The van der Waals surface area contributed by atoms with Gasteiger partial charge in [0.05, 0.1) is 12.2 Å². The van der Waals surface area contributed by atoms with Gasteiger partial charge < -0.3 is 4.90 Å². The maximum Gasteiger partial charge on any atom is 0.241 e. The number of carbonyl (C=O) groups excluding carboxylic acids is 1. The lowest BCUT2D eigenvalue weighted by atomic mass is 10.1. The Bertz CT molecular complexity index is 242. The van der Waals surface area contributed by atoms with Crippen molar-refractivity contribution in [2.45, 2.75) is 84.5 Å². The molecular formula is C14H28N2O. The molecule has 0 saturated carbocycles. The molecule has 1 aliphatic heterocycles. The summed E-state index contributed by atoms with van der Waals surface area (Å²) < 4.78 is 0. The van der Waals surface area contributed by atoms with E-state index in [1.807, 2.05) is 0 Å². The third-order valence-corrected chi connectivity index (χ3v) is 3.69. The van der Waals surface area contributed by atoms with Crippen LogP contribution in [0, 0.1) is 0 Å². The van der Waals surface area contributed by atoms with Crippen LogP contribution in [-0.2, 0) is 4.79 Å². The number of amides is 1. The van der Waals surface area contributed by atoms with Crippen LogP contribution >= 0.6 is 0 Å². The van der Waals surface area contributed by atoms with Crippen LogP contribution in [0.2, 0.25) is 0 Å². The van der Waals surface area contributed by atoms with Gasteiger partial charge in [0, 0.05) is 6.04 Å². The van der Waals surface area contributed by atoms with Crippen LogP contribution in [0.15, 0.2) is 0 Å². The topological polar surface area (TPSA) is 32.3 Å². The molecule has 0 spiro atoms. The number of hydrogen-bond donors (Lipinski definition) is 1. The zero-order valence-electron chi connectivity index (χ0n) is 11.8. The number of carbonyl (C=O) groups is 1. The van der Waals surface area contributed by atoms with Crippen molar-refractivity contribution in [1.29, 1.82) is 0 Å². The molecule has 3 heteroatoms. The van der Waals surface area contributed by atoms with E-state index < -0.39 is 0 Å². The van der Waals surface area contributed by atoms with Crippen LogP contribution in [0.5, 0.6) is 0 Å². The lowest BCUT2D eigenvalue weighted by Crippen LogP contribution is -2.41. The highest BCUT2D eigenvalue weighted by molar-refractivity contribution is 5.84. The Hall–Kier alpha value is -0.570. The van der Waals surface area contributed by atoms with E-state index in [9.17, 15) is 4.79 Å². The Morgan fingerprint density at radius 1 is 1.29 bits per heavy atom. The molecule has 0 aromatic rings. The van der Waals surface area contributed by atoms with Gasteiger partial charge in [-0.25, -0.2) is 0 Å². The number of hydrogen-bond acceptors (Lipinski definition) is 2. The molecular weight excluding hydrogens is 212 g/mol. The molecule has 3 nitrogen and oxygen atoms in total. The maximum absolute atomic E-state index is 12.2. The third-order valence-electron chi connectivity index (χ3n) is 3.69. The summed E-state index contributed by atoms with van der Waals surface area (Å²) in [6.07, 6.45) is 7.10. The van der Waals surface area contributed by atoms with Gasteiger partial charge in [-0.3, -0.25) is 10.1 Å². The first-order valence-corrected chi connectivity index (χ1v) is 7.20. The molecule has 1 N–H and O–H groups in total. The van der Waals surface area contributed by atoms with Crippen LogP contribution in [0.25, 0.3) is 0 Å². The van der Waals surface area contributed by atoms with Gasteiger partial charge in [0.15, 0.2) is 0 Å². The molecule has 1 saturated heterocycles. The predicted molar refractivity (Wildman–Crippen MR) is 71.7 cm³/mol. The molecule has 3 unspecified atom stereocenters. The fraction of sp³-hybridized carbons (Fsp3) is 0.929. The van der Waals surface area contributed by atoms with Gasteiger partial charge in [-0.2, -0.15) is 0 Å². The minimum absolute atomic E-state index is 0.0589. The molecule has 1 fully saturated rings. The van der Waals surface area contributed by atoms with Gasteiger partial charge in [-0.05, 0) is 26.7 Å². The third kappa shape index (κ3) is 3.70. The minimum Gasteiger partial charge on any atom is -0.323 e. The first-order valence-electron chi connectivity index (χ1n) is 7.20. The molecule has 3 atom stereocenters. The van der Waals surface area contributed by atoms with Crippen molar-refractivity contribution in [3.05, 3.63) is 0 Å². The van der Waals surface area contributed by atoms with Gasteiger partial charge in [0.1, 0.15) is 0 Å². The van der Waals surface area contributed by atoms with Crippen LogP contribution in [-0.4, -0.2) is 29.1 Å². The molecule has 1 rings (SSSR count). The van der Waals surface area contributed by atoms with E-state index in [2.05, 4.69) is 37.9 Å². The Labute approximate surface area is 106 Å². The molecule has 1 aliphatic rings. The lowest BCUT2D eigenvalue weighted by Gasteiger charge is -2.28. The van der Waals surface area contributed by atoms with Crippen LogP contribution in [0.1, 0.15) is 66.2 Å². The standard InChI is InChI=1S/C14H28N2O/c1-5-7-8-10-11(3)16-12(4)15-13(9-6-2)14(16)17/h11-13,15H,5-10H2,1-4H3. The molecule has 1 amide bonds. The minimum atomic E-state index is 0.0589. The molecule has 0 aliphatic carbocycles. The summed E-state index contributed by atoms with van der Waals surface area (Å²) in [6, 6.07) is 0.432. The summed E-state index contributed by atoms with van der Waals surface area (Å²) in [5, 5.41) is 3.40. The molecule has 17 heavy (non-hydrogen) atoms. The van der Waals surface area contributed by atoms with E-state index in [4.69, 9.17) is 0 Å². The lowest BCUT2D eigenvalue weighted by molar-refractivity contribution is -0.132. The van der Waals surface area contributed by atoms with Crippen LogP contribution in [0.4, 0.5) is 0 Å². The molecule has 0 aromatic carbocycles. The maximum atomic E-state index is 12.2. The summed E-state index contributed by atoms with van der Waals surface area (Å²) in [5.41, 5.74) is 0. The fourth-order valence-electron chi connectivity index (χ4n) is 2.74. The van der Waals surface area contributed by atoms with E-state index in [0.717, 1.165) is 19.3 Å². The number of nitrogens with one attached hydrogen (secondary N) is 1. The van der Waals surface area contributed by atoms with E-state index in [1.54, 1.807) is 0 Å². The number of rotatable bonds is 7. The first-order chi connectivity index (χ1) is 8.11. The Morgan fingerprint density at radius 3 is 2.59 bits per heavy atom. The molecule has 1 heterocycles. The second kappa shape index (κ2) is 7.00. The van der Waals surface area contributed by atoms with Gasteiger partial charge in [0.2, 0.25) is 5.91 Å². The van der Waals surface area contributed by atoms with Gasteiger partial charge in [-0.1, -0.05) is 39.5 Å². The van der Waals surface area contributed by atoms with E-state index in [1.165, 1.54) is 19.3 Å². The summed E-state index contributed by atoms with van der Waals surface area (Å²) in [7, 11) is 0. The Kier molecular flexibility index (Phi) is 5.96. The SMILES string of the molecule is CCCCCC(C)N1C(=O)C(CCC)NC1C. The van der Waals surface area contributed by atoms with Crippen molar-refractivity contribution in [1.82, 2.24) is 10.2 Å². The van der Waals surface area contributed by atoms with Crippen molar-refractivity contribution in [3.8, 4) is 0 Å². The summed E-state index contributed by atoms with van der Waals surface area (Å²) >= 11 is 0. The average Bonchev–Trinajstić information content (AvgIpc) is 2.55. The average molecular weight is 240 g/mol. The second-order valence-corrected chi connectivity index (χ2v) is 5.27. The highest BCUT2D eigenvalue weighted by Crippen LogP contribution is 2.20. The summed E-state index contributed by atoms with van der Waals surface area (Å²) in [4.78, 5) is 14.3. The fourth-order valence-corrected chi connectivity index (χ4v) is 2.74. The van der Waals surface area contributed by atoms with E-state index in [0.29, 0.717) is 11.9 Å². The summed E-state index contributed by atoms with van der Waals surface area (Å²) in [5.74, 6) is 0.309. The van der Waals surface area contributed by atoms with Crippen LogP contribution in [0.3, 0.4) is 0 Å². The monoisotopic (exact) mass is 240 g/mol. The van der Waals surface area contributed by atoms with E-state index in [-0.39, 0.29) is 12.2 Å². The van der Waals surface area contributed by atoms with Crippen molar-refractivity contribution in [3.63, 3.8) is 0 Å². The zero-order chi connectivity index (χ0) is 12.8. The van der Waals surface area contributed by atoms with Crippen molar-refractivity contribution >= 4 is 5.91 Å². The second-order valence-electron chi connectivity index (χ2n) is 5.27. The van der Waals surface area contributed by atoms with Crippen LogP contribution < -0.4 is 5.32 Å². The molecule has 100 valence electrons. The molecule has 0 aromatic heterocycles.